The topological polar surface area (TPSA) is 20.3 Å². The van der Waals surface area contributed by atoms with Gasteiger partial charge in [0.2, 0.25) is 0 Å². The first-order valence-corrected chi connectivity index (χ1v) is 5.93. The number of carbonyl (C=O) groups excluding carboxylic acids is 1. The van der Waals surface area contributed by atoms with Gasteiger partial charge in [-0.15, -0.1) is 0 Å². The molecule has 1 aliphatic heterocycles. The van der Waals surface area contributed by atoms with Gasteiger partial charge in [-0.3, -0.25) is 4.79 Å². The molecule has 1 aromatic carbocycles. The Labute approximate surface area is 99.2 Å². The molecular weight excluding hydrogens is 224 g/mol. The van der Waals surface area contributed by atoms with E-state index in [0.29, 0.717) is 13.1 Å². The van der Waals surface area contributed by atoms with E-state index in [1.807, 2.05) is 0 Å². The van der Waals surface area contributed by atoms with Crippen LogP contribution in [-0.2, 0) is 0 Å². The Morgan fingerprint density at radius 1 is 1.00 bits per heavy atom. The first-order chi connectivity index (χ1) is 8.20. The van der Waals surface area contributed by atoms with E-state index in [1.54, 1.807) is 4.90 Å². The van der Waals surface area contributed by atoms with Crippen molar-refractivity contribution in [1.82, 2.24) is 4.90 Å². The molecule has 1 aliphatic rings. The second kappa shape index (κ2) is 5.25. The van der Waals surface area contributed by atoms with Crippen LogP contribution in [0.1, 0.15) is 36.0 Å². The van der Waals surface area contributed by atoms with Gasteiger partial charge in [-0.25, -0.2) is 8.78 Å². The van der Waals surface area contributed by atoms with Crippen molar-refractivity contribution >= 4 is 5.91 Å². The highest BCUT2D eigenvalue weighted by atomic mass is 19.1. The van der Waals surface area contributed by atoms with Crippen LogP contribution in [0.5, 0.6) is 0 Å². The maximum atomic E-state index is 13.5. The second-order valence-corrected chi connectivity index (χ2v) is 4.30. The van der Waals surface area contributed by atoms with Gasteiger partial charge in [0, 0.05) is 13.1 Å². The molecule has 17 heavy (non-hydrogen) atoms. The molecule has 0 saturated carbocycles. The molecule has 0 spiro atoms. The summed E-state index contributed by atoms with van der Waals surface area (Å²) in [6.45, 7) is 1.18. The van der Waals surface area contributed by atoms with Crippen LogP contribution >= 0.6 is 0 Å². The van der Waals surface area contributed by atoms with Gasteiger partial charge in [-0.05, 0) is 25.0 Å². The van der Waals surface area contributed by atoms with Gasteiger partial charge in [0.05, 0.1) is 0 Å². The van der Waals surface area contributed by atoms with Crippen molar-refractivity contribution in [3.63, 3.8) is 0 Å². The minimum atomic E-state index is -0.778. The van der Waals surface area contributed by atoms with E-state index in [0.717, 1.165) is 37.8 Å². The molecule has 0 atom stereocenters. The van der Waals surface area contributed by atoms with E-state index < -0.39 is 23.1 Å². The Hall–Kier alpha value is -1.45. The molecule has 2 rings (SSSR count). The minimum absolute atomic E-state index is 0.422. The molecule has 4 heteroatoms. The summed E-state index contributed by atoms with van der Waals surface area (Å²) in [6, 6.07) is 3.51. The van der Waals surface area contributed by atoms with Crippen LogP contribution in [0.4, 0.5) is 8.78 Å². The van der Waals surface area contributed by atoms with Crippen molar-refractivity contribution in [2.75, 3.05) is 13.1 Å². The molecular formula is C13H15F2NO. The van der Waals surface area contributed by atoms with Crippen molar-refractivity contribution in [1.29, 1.82) is 0 Å². The average molecular weight is 239 g/mol. The summed E-state index contributed by atoms with van der Waals surface area (Å²) >= 11 is 0. The van der Waals surface area contributed by atoms with Crippen molar-refractivity contribution in [2.45, 2.75) is 25.7 Å². The molecule has 1 aromatic rings. The highest BCUT2D eigenvalue weighted by Crippen LogP contribution is 2.17. The summed E-state index contributed by atoms with van der Waals surface area (Å²) in [7, 11) is 0. The van der Waals surface area contributed by atoms with Crippen molar-refractivity contribution in [2.24, 2.45) is 0 Å². The van der Waals surface area contributed by atoms with Crippen molar-refractivity contribution < 1.29 is 13.6 Å². The maximum absolute atomic E-state index is 13.5. The fraction of sp³-hybridized carbons (Fsp3) is 0.462. The molecule has 0 unspecified atom stereocenters. The Bertz CT molecular complexity index is 392. The number of amides is 1. The van der Waals surface area contributed by atoms with E-state index >= 15 is 0 Å². The fourth-order valence-electron chi connectivity index (χ4n) is 2.13. The third-order valence-electron chi connectivity index (χ3n) is 3.07. The molecule has 1 saturated heterocycles. The maximum Gasteiger partial charge on any atom is 0.259 e. The Morgan fingerprint density at radius 2 is 1.53 bits per heavy atom. The Morgan fingerprint density at radius 3 is 2.06 bits per heavy atom. The number of likely N-dealkylation sites (tertiary alicyclic amines) is 1. The van der Waals surface area contributed by atoms with Gasteiger partial charge in [-0.2, -0.15) is 0 Å². The van der Waals surface area contributed by atoms with Crippen LogP contribution in [0.15, 0.2) is 18.2 Å². The van der Waals surface area contributed by atoms with Crippen LogP contribution in [0, 0.1) is 11.6 Å². The normalized spacial score (nSPS) is 16.7. The molecule has 92 valence electrons. The van der Waals surface area contributed by atoms with Gasteiger partial charge in [0.1, 0.15) is 17.2 Å². The van der Waals surface area contributed by atoms with E-state index in [1.165, 1.54) is 6.07 Å². The second-order valence-electron chi connectivity index (χ2n) is 4.30. The molecule has 1 heterocycles. The third-order valence-corrected chi connectivity index (χ3v) is 3.07. The first kappa shape index (κ1) is 12.0. The molecule has 1 fully saturated rings. The summed E-state index contributed by atoms with van der Waals surface area (Å²) in [6.07, 6.45) is 3.96. The molecule has 0 aliphatic carbocycles. The lowest BCUT2D eigenvalue weighted by Crippen LogP contribution is -2.33. The molecule has 0 bridgehead atoms. The standard InChI is InChI=1S/C13H15F2NO/c14-10-6-5-7-11(15)12(10)13(17)16-8-3-1-2-4-9-16/h5-7H,1-4,8-9H2. The molecule has 1 amide bonds. The van der Waals surface area contributed by atoms with Gasteiger partial charge < -0.3 is 4.90 Å². The highest BCUT2D eigenvalue weighted by Gasteiger charge is 2.23. The fourth-order valence-corrected chi connectivity index (χ4v) is 2.13. The van der Waals surface area contributed by atoms with Crippen molar-refractivity contribution in [3.05, 3.63) is 35.4 Å². The van der Waals surface area contributed by atoms with Crippen LogP contribution in [0.3, 0.4) is 0 Å². The zero-order valence-electron chi connectivity index (χ0n) is 9.59. The zero-order valence-corrected chi connectivity index (χ0v) is 9.59. The smallest absolute Gasteiger partial charge is 0.259 e. The monoisotopic (exact) mass is 239 g/mol. The summed E-state index contributed by atoms with van der Waals surface area (Å²) in [4.78, 5) is 13.6. The van der Waals surface area contributed by atoms with Gasteiger partial charge >= 0.3 is 0 Å². The van der Waals surface area contributed by atoms with E-state index in [4.69, 9.17) is 0 Å². The summed E-state index contributed by atoms with van der Waals surface area (Å²) in [5.74, 6) is -2.08. The lowest BCUT2D eigenvalue weighted by Gasteiger charge is -2.20. The summed E-state index contributed by atoms with van der Waals surface area (Å²) in [5, 5.41) is 0. The number of hydrogen-bond acceptors (Lipinski definition) is 1. The SMILES string of the molecule is O=C(c1c(F)cccc1F)N1CCCCCC1. The third kappa shape index (κ3) is 2.62. The lowest BCUT2D eigenvalue weighted by atomic mass is 10.1. The van der Waals surface area contributed by atoms with Gasteiger partial charge in [-0.1, -0.05) is 18.9 Å². The van der Waals surface area contributed by atoms with Gasteiger partial charge in [0.25, 0.3) is 5.91 Å². The Kier molecular flexibility index (Phi) is 3.71. The number of rotatable bonds is 1. The Balaban J connectivity index is 2.23. The largest absolute Gasteiger partial charge is 0.338 e. The van der Waals surface area contributed by atoms with E-state index in [9.17, 15) is 13.6 Å². The highest BCUT2D eigenvalue weighted by molar-refractivity contribution is 5.94. The predicted octanol–water partition coefficient (Wildman–Crippen LogP) is 2.98. The number of benzene rings is 1. The van der Waals surface area contributed by atoms with E-state index in [2.05, 4.69) is 0 Å². The number of hydrogen-bond donors (Lipinski definition) is 0. The molecule has 0 N–H and O–H groups in total. The summed E-state index contributed by atoms with van der Waals surface area (Å²) < 4.78 is 26.9. The van der Waals surface area contributed by atoms with Crippen LogP contribution < -0.4 is 0 Å². The number of halogens is 2. The lowest BCUT2D eigenvalue weighted by molar-refractivity contribution is 0.0752. The summed E-state index contributed by atoms with van der Waals surface area (Å²) in [5.41, 5.74) is -0.422. The minimum Gasteiger partial charge on any atom is -0.338 e. The van der Waals surface area contributed by atoms with Crippen LogP contribution in [0.25, 0.3) is 0 Å². The average Bonchev–Trinajstić information content (AvgIpc) is 2.57. The number of carbonyl (C=O) groups is 1. The molecule has 0 radical (unpaired) electrons. The quantitative estimate of drug-likeness (QED) is 0.737. The number of nitrogens with zero attached hydrogens (tertiary/aromatic N) is 1. The van der Waals surface area contributed by atoms with Crippen molar-refractivity contribution in [3.8, 4) is 0 Å². The van der Waals surface area contributed by atoms with Crippen LogP contribution in [0.2, 0.25) is 0 Å². The predicted molar refractivity (Wildman–Crippen MR) is 60.7 cm³/mol. The van der Waals surface area contributed by atoms with E-state index in [-0.39, 0.29) is 0 Å². The first-order valence-electron chi connectivity index (χ1n) is 5.93. The zero-order chi connectivity index (χ0) is 12.3. The van der Waals surface area contributed by atoms with Gasteiger partial charge in [0.15, 0.2) is 0 Å². The molecule has 2 nitrogen and oxygen atoms in total. The van der Waals surface area contributed by atoms with Crippen LogP contribution in [-0.4, -0.2) is 23.9 Å². The molecule has 0 aromatic heterocycles.